The Balaban J connectivity index is 2.47. The van der Waals surface area contributed by atoms with Crippen molar-refractivity contribution >= 4 is 31.6 Å². The van der Waals surface area contributed by atoms with Crippen LogP contribution in [0.25, 0.3) is 0 Å². The number of hydrogen-bond acceptors (Lipinski definition) is 4. The van der Waals surface area contributed by atoms with Crippen LogP contribution in [0, 0.1) is 0 Å². The van der Waals surface area contributed by atoms with Gasteiger partial charge in [0.25, 0.3) is 0 Å². The van der Waals surface area contributed by atoms with Gasteiger partial charge in [-0.1, -0.05) is 55.8 Å². The highest BCUT2D eigenvalue weighted by atomic mass is 79.9. The molecule has 1 unspecified atom stereocenters. The Hall–Kier alpha value is -1.57. The summed E-state index contributed by atoms with van der Waals surface area (Å²) in [5, 5.41) is 0. The van der Waals surface area contributed by atoms with E-state index in [1.54, 1.807) is 19.2 Å². The first kappa shape index (κ1) is 23.7. The Morgan fingerprint density at radius 3 is 2.07 bits per heavy atom. The fourth-order valence-electron chi connectivity index (χ4n) is 3.45. The van der Waals surface area contributed by atoms with Crippen LogP contribution in [-0.2, 0) is 27.3 Å². The predicted octanol–water partition coefficient (Wildman–Crippen LogP) is 4.59. The quantitative estimate of drug-likeness (QED) is 0.604. The Bertz CT molecular complexity index is 967. The first-order valence-electron chi connectivity index (χ1n) is 9.44. The van der Waals surface area contributed by atoms with E-state index in [0.717, 1.165) is 33.2 Å². The van der Waals surface area contributed by atoms with Crippen molar-refractivity contribution in [3.05, 3.63) is 57.6 Å². The van der Waals surface area contributed by atoms with E-state index >= 15 is 0 Å². The zero-order valence-corrected chi connectivity index (χ0v) is 20.4. The second-order valence-electron chi connectivity index (χ2n) is 8.80. The fraction of sp³-hybridized carbons (Fsp3) is 0.455. The van der Waals surface area contributed by atoms with Crippen LogP contribution in [0.15, 0.2) is 40.9 Å². The molecule has 160 valence electrons. The normalized spacial score (nSPS) is 14.3. The summed E-state index contributed by atoms with van der Waals surface area (Å²) in [5.74, 6) is 0.865. The maximum absolute atomic E-state index is 11.4. The third-order valence-electron chi connectivity index (χ3n) is 5.02. The van der Waals surface area contributed by atoms with Crippen molar-refractivity contribution in [2.75, 3.05) is 24.6 Å². The lowest BCUT2D eigenvalue weighted by molar-refractivity contribution is 0.371. The summed E-state index contributed by atoms with van der Waals surface area (Å²) in [7, 11) is -1.60. The Morgan fingerprint density at radius 1 is 1.07 bits per heavy atom. The smallest absolute Gasteiger partial charge is 0.229 e. The van der Waals surface area contributed by atoms with Crippen molar-refractivity contribution in [1.29, 1.82) is 0 Å². The molecule has 2 rings (SSSR count). The Labute approximate surface area is 183 Å². The zero-order chi connectivity index (χ0) is 22.0. The van der Waals surface area contributed by atoms with Gasteiger partial charge in [0.1, 0.15) is 5.75 Å². The van der Waals surface area contributed by atoms with Gasteiger partial charge >= 0.3 is 0 Å². The molecule has 0 amide bonds. The van der Waals surface area contributed by atoms with Crippen LogP contribution in [0.1, 0.15) is 44.4 Å². The number of anilines is 1. The summed E-state index contributed by atoms with van der Waals surface area (Å²) < 4.78 is 32.2. The van der Waals surface area contributed by atoms with Crippen LogP contribution >= 0.6 is 15.9 Å². The molecule has 0 fully saturated rings. The summed E-state index contributed by atoms with van der Waals surface area (Å²) in [6.45, 7) is 9.05. The van der Waals surface area contributed by atoms with Gasteiger partial charge in [-0.15, -0.1) is 0 Å². The minimum absolute atomic E-state index is 0.0850. The molecule has 2 aromatic rings. The molecular formula is C22H31BrN2O3S. The molecule has 0 aliphatic rings. The maximum atomic E-state index is 11.4. The van der Waals surface area contributed by atoms with E-state index < -0.39 is 10.0 Å². The van der Waals surface area contributed by atoms with Crippen molar-refractivity contribution in [1.82, 2.24) is 0 Å². The molecule has 0 saturated carbocycles. The summed E-state index contributed by atoms with van der Waals surface area (Å²) >= 11 is 3.65. The lowest BCUT2D eigenvalue weighted by Crippen LogP contribution is -2.35. The van der Waals surface area contributed by atoms with Crippen molar-refractivity contribution in [2.24, 2.45) is 5.73 Å². The van der Waals surface area contributed by atoms with Gasteiger partial charge in [-0.2, -0.15) is 0 Å². The number of hydrogen-bond donors (Lipinski definition) is 2. The SMILES string of the molecule is COc1c(C(C)(C)C)cc(Br)cc1C(C)(CN)Cc1ccc(NS(C)(=O)=O)cc1. The number of ether oxygens (including phenoxy) is 1. The van der Waals surface area contributed by atoms with E-state index in [0.29, 0.717) is 18.7 Å². The maximum Gasteiger partial charge on any atom is 0.229 e. The molecule has 1 atom stereocenters. The van der Waals surface area contributed by atoms with Gasteiger partial charge in [0.2, 0.25) is 10.0 Å². The van der Waals surface area contributed by atoms with E-state index in [1.807, 2.05) is 12.1 Å². The van der Waals surface area contributed by atoms with E-state index in [1.165, 1.54) is 0 Å². The predicted molar refractivity (Wildman–Crippen MR) is 124 cm³/mol. The molecule has 0 spiro atoms. The number of nitrogens with one attached hydrogen (secondary N) is 1. The third-order valence-corrected chi connectivity index (χ3v) is 6.08. The lowest BCUT2D eigenvalue weighted by atomic mass is 9.74. The van der Waals surface area contributed by atoms with Gasteiger partial charge < -0.3 is 10.5 Å². The van der Waals surface area contributed by atoms with Gasteiger partial charge in [0.05, 0.1) is 13.4 Å². The number of rotatable bonds is 7. The topological polar surface area (TPSA) is 81.4 Å². The van der Waals surface area contributed by atoms with Gasteiger partial charge in [-0.25, -0.2) is 8.42 Å². The minimum atomic E-state index is -3.30. The Morgan fingerprint density at radius 2 is 1.62 bits per heavy atom. The van der Waals surface area contributed by atoms with Crippen LogP contribution in [0.3, 0.4) is 0 Å². The monoisotopic (exact) mass is 482 g/mol. The van der Waals surface area contributed by atoms with E-state index in [9.17, 15) is 8.42 Å². The molecule has 0 radical (unpaired) electrons. The molecule has 0 aromatic heterocycles. The number of methoxy groups -OCH3 is 1. The molecule has 0 aliphatic heterocycles. The molecular weight excluding hydrogens is 452 g/mol. The van der Waals surface area contributed by atoms with Gasteiger partial charge in [-0.3, -0.25) is 4.72 Å². The highest BCUT2D eigenvalue weighted by Crippen LogP contribution is 2.42. The van der Waals surface area contributed by atoms with Crippen LogP contribution in [-0.4, -0.2) is 28.3 Å². The molecule has 2 aromatic carbocycles. The average molecular weight is 483 g/mol. The van der Waals surface area contributed by atoms with E-state index in [-0.39, 0.29) is 10.8 Å². The van der Waals surface area contributed by atoms with Crippen LogP contribution < -0.4 is 15.2 Å². The van der Waals surface area contributed by atoms with Crippen molar-refractivity contribution in [3.63, 3.8) is 0 Å². The molecule has 0 aliphatic carbocycles. The van der Waals surface area contributed by atoms with E-state index in [4.69, 9.17) is 10.5 Å². The largest absolute Gasteiger partial charge is 0.496 e. The highest BCUT2D eigenvalue weighted by Gasteiger charge is 2.32. The molecule has 0 heterocycles. The number of nitrogens with two attached hydrogens (primary N) is 1. The Kier molecular flexibility index (Phi) is 7.08. The average Bonchev–Trinajstić information content (AvgIpc) is 2.60. The van der Waals surface area contributed by atoms with E-state index in [2.05, 4.69) is 60.5 Å². The molecule has 0 saturated heterocycles. The number of halogens is 1. The third kappa shape index (κ3) is 5.96. The van der Waals surface area contributed by atoms with Crippen molar-refractivity contribution in [2.45, 2.75) is 44.9 Å². The van der Waals surface area contributed by atoms with Gasteiger partial charge in [-0.05, 0) is 41.7 Å². The molecule has 3 N–H and O–H groups in total. The summed E-state index contributed by atoms with van der Waals surface area (Å²) in [5.41, 5.74) is 9.61. The summed E-state index contributed by atoms with van der Waals surface area (Å²) in [4.78, 5) is 0. The molecule has 29 heavy (non-hydrogen) atoms. The standard InChI is InChI=1S/C22H31BrN2O3S/c1-21(2,3)18-11-16(23)12-19(20(18)28-5)22(4,14-24)13-15-7-9-17(10-8-15)25-29(6,26)27/h7-12,25H,13-14,24H2,1-6H3. The van der Waals surface area contributed by atoms with Crippen LogP contribution in [0.4, 0.5) is 5.69 Å². The second kappa shape index (κ2) is 8.66. The lowest BCUT2D eigenvalue weighted by Gasteiger charge is -2.34. The van der Waals surface area contributed by atoms with Crippen molar-refractivity contribution < 1.29 is 13.2 Å². The summed E-state index contributed by atoms with van der Waals surface area (Å²) in [6.07, 6.45) is 1.83. The number of sulfonamides is 1. The zero-order valence-electron chi connectivity index (χ0n) is 18.0. The first-order valence-corrected chi connectivity index (χ1v) is 12.1. The summed E-state index contributed by atoms with van der Waals surface area (Å²) in [6, 6.07) is 11.6. The first-order chi connectivity index (χ1) is 13.3. The van der Waals surface area contributed by atoms with Gasteiger partial charge in [0.15, 0.2) is 0 Å². The fourth-order valence-corrected chi connectivity index (χ4v) is 4.47. The van der Waals surface area contributed by atoms with Crippen LogP contribution in [0.2, 0.25) is 0 Å². The molecule has 0 bridgehead atoms. The van der Waals surface area contributed by atoms with Crippen LogP contribution in [0.5, 0.6) is 5.75 Å². The van der Waals surface area contributed by atoms with Gasteiger partial charge in [0, 0.05) is 33.2 Å². The van der Waals surface area contributed by atoms with Crippen molar-refractivity contribution in [3.8, 4) is 5.75 Å². The second-order valence-corrected chi connectivity index (χ2v) is 11.5. The molecule has 7 heteroatoms. The molecule has 5 nitrogen and oxygen atoms in total. The minimum Gasteiger partial charge on any atom is -0.496 e. The number of benzene rings is 2. The highest BCUT2D eigenvalue weighted by molar-refractivity contribution is 9.10.